The summed E-state index contributed by atoms with van der Waals surface area (Å²) in [6.45, 7) is 1.90. The number of hydrogen-bond acceptors (Lipinski definition) is 0. The van der Waals surface area contributed by atoms with Gasteiger partial charge in [-0.1, -0.05) is 41.4 Å². The first-order chi connectivity index (χ1) is 6.09. The van der Waals surface area contributed by atoms with Crippen molar-refractivity contribution in [1.29, 1.82) is 0 Å². The molecule has 0 N–H and O–H groups in total. The van der Waals surface area contributed by atoms with Crippen molar-refractivity contribution in [1.82, 2.24) is 0 Å². The average Bonchev–Trinajstić information content (AvgIpc) is 2.07. The van der Waals surface area contributed by atoms with Gasteiger partial charge in [0.2, 0.25) is 0 Å². The Morgan fingerprint density at radius 1 is 1.23 bits per heavy atom. The monoisotopic (exact) mass is 234 g/mol. The molecular formula is C10H9Cl3. The standard InChI is InChI=1S/C10H9Cl3/c1-7(11)2-3-8-4-5-9(12)10(13)6-8/h2-7H,1H3/b3-2+. The Balaban J connectivity index is 2.85. The largest absolute Gasteiger partial charge is 0.119 e. The van der Waals surface area contributed by atoms with Gasteiger partial charge in [-0.15, -0.1) is 11.6 Å². The van der Waals surface area contributed by atoms with Gasteiger partial charge in [0.05, 0.1) is 10.0 Å². The van der Waals surface area contributed by atoms with Crippen LogP contribution >= 0.6 is 34.8 Å². The maximum Gasteiger partial charge on any atom is 0.0598 e. The summed E-state index contributed by atoms with van der Waals surface area (Å²) in [6.07, 6.45) is 3.81. The molecule has 13 heavy (non-hydrogen) atoms. The highest BCUT2D eigenvalue weighted by Crippen LogP contribution is 2.23. The van der Waals surface area contributed by atoms with Gasteiger partial charge >= 0.3 is 0 Å². The van der Waals surface area contributed by atoms with E-state index in [1.807, 2.05) is 25.1 Å². The maximum absolute atomic E-state index is 5.83. The van der Waals surface area contributed by atoms with Gasteiger partial charge in [0, 0.05) is 5.38 Å². The molecule has 0 fully saturated rings. The van der Waals surface area contributed by atoms with Crippen molar-refractivity contribution in [3.8, 4) is 0 Å². The fourth-order valence-electron chi connectivity index (χ4n) is 0.860. The molecule has 1 rings (SSSR count). The first-order valence-corrected chi connectivity index (χ1v) is 5.06. The molecule has 0 aliphatic rings. The summed E-state index contributed by atoms with van der Waals surface area (Å²) in [6, 6.07) is 5.46. The highest BCUT2D eigenvalue weighted by atomic mass is 35.5. The minimum absolute atomic E-state index is 0.0226. The Kier molecular flexibility index (Phi) is 4.11. The van der Waals surface area contributed by atoms with Crippen molar-refractivity contribution >= 4 is 40.9 Å². The van der Waals surface area contributed by atoms with Crippen LogP contribution in [-0.2, 0) is 0 Å². The third-order valence-corrected chi connectivity index (χ3v) is 2.38. The molecule has 1 atom stereocenters. The van der Waals surface area contributed by atoms with E-state index < -0.39 is 0 Å². The molecule has 0 heterocycles. The van der Waals surface area contributed by atoms with E-state index in [4.69, 9.17) is 34.8 Å². The van der Waals surface area contributed by atoms with Crippen molar-refractivity contribution in [3.63, 3.8) is 0 Å². The van der Waals surface area contributed by atoms with Crippen molar-refractivity contribution in [2.45, 2.75) is 12.3 Å². The van der Waals surface area contributed by atoms with E-state index in [1.165, 1.54) is 0 Å². The molecule has 1 aromatic rings. The van der Waals surface area contributed by atoms with E-state index in [1.54, 1.807) is 12.1 Å². The Morgan fingerprint density at radius 2 is 1.92 bits per heavy atom. The summed E-state index contributed by atoms with van der Waals surface area (Å²) in [7, 11) is 0. The lowest BCUT2D eigenvalue weighted by Crippen LogP contribution is -1.81. The van der Waals surface area contributed by atoms with E-state index in [9.17, 15) is 0 Å². The second-order valence-electron chi connectivity index (χ2n) is 2.71. The van der Waals surface area contributed by atoms with Crippen LogP contribution in [0, 0.1) is 0 Å². The Labute approximate surface area is 93.1 Å². The number of benzene rings is 1. The van der Waals surface area contributed by atoms with E-state index in [0.717, 1.165) is 5.56 Å². The van der Waals surface area contributed by atoms with E-state index >= 15 is 0 Å². The molecule has 0 radical (unpaired) electrons. The molecule has 0 amide bonds. The lowest BCUT2D eigenvalue weighted by atomic mass is 10.2. The fraction of sp³-hybridized carbons (Fsp3) is 0.200. The number of allylic oxidation sites excluding steroid dienone is 1. The highest BCUT2D eigenvalue weighted by Gasteiger charge is 1.96. The Hall–Kier alpha value is -0.170. The number of hydrogen-bond donors (Lipinski definition) is 0. The topological polar surface area (TPSA) is 0 Å². The van der Waals surface area contributed by atoms with Crippen LogP contribution in [-0.4, -0.2) is 5.38 Å². The molecule has 3 heteroatoms. The lowest BCUT2D eigenvalue weighted by Gasteiger charge is -1.97. The first kappa shape index (κ1) is 10.9. The van der Waals surface area contributed by atoms with Gasteiger partial charge in [-0.25, -0.2) is 0 Å². The predicted octanol–water partition coefficient (Wildman–Crippen LogP) is 4.63. The van der Waals surface area contributed by atoms with E-state index in [-0.39, 0.29) is 5.38 Å². The van der Waals surface area contributed by atoms with Gasteiger partial charge in [-0.05, 0) is 24.6 Å². The van der Waals surface area contributed by atoms with Gasteiger partial charge in [-0.3, -0.25) is 0 Å². The third kappa shape index (κ3) is 3.60. The van der Waals surface area contributed by atoms with Crippen LogP contribution in [0.15, 0.2) is 24.3 Å². The third-order valence-electron chi connectivity index (χ3n) is 1.50. The van der Waals surface area contributed by atoms with Crippen LogP contribution in [0.4, 0.5) is 0 Å². The normalized spacial score (nSPS) is 13.5. The van der Waals surface area contributed by atoms with Crippen molar-refractivity contribution in [3.05, 3.63) is 39.9 Å². The average molecular weight is 236 g/mol. The quantitative estimate of drug-likeness (QED) is 0.656. The SMILES string of the molecule is CC(Cl)/C=C/c1ccc(Cl)c(Cl)c1. The van der Waals surface area contributed by atoms with Crippen molar-refractivity contribution < 1.29 is 0 Å². The molecular weight excluding hydrogens is 226 g/mol. The first-order valence-electron chi connectivity index (χ1n) is 3.87. The molecule has 1 aromatic carbocycles. The minimum Gasteiger partial charge on any atom is -0.119 e. The van der Waals surface area contributed by atoms with Crippen molar-refractivity contribution in [2.75, 3.05) is 0 Å². The fourth-order valence-corrected chi connectivity index (χ4v) is 1.24. The Morgan fingerprint density at radius 3 is 2.46 bits per heavy atom. The van der Waals surface area contributed by atoms with Crippen LogP contribution in [0.2, 0.25) is 10.0 Å². The molecule has 0 saturated heterocycles. The molecule has 0 nitrogen and oxygen atoms in total. The summed E-state index contributed by atoms with van der Waals surface area (Å²) in [4.78, 5) is 0. The van der Waals surface area contributed by atoms with E-state index in [2.05, 4.69) is 0 Å². The molecule has 0 aliphatic carbocycles. The molecule has 70 valence electrons. The Bertz CT molecular complexity index is 316. The zero-order valence-electron chi connectivity index (χ0n) is 7.10. The van der Waals surface area contributed by atoms with Gasteiger partial charge in [0.1, 0.15) is 0 Å². The van der Waals surface area contributed by atoms with Gasteiger partial charge in [-0.2, -0.15) is 0 Å². The maximum atomic E-state index is 5.83. The minimum atomic E-state index is 0.0226. The molecule has 0 bridgehead atoms. The number of rotatable bonds is 2. The molecule has 1 unspecified atom stereocenters. The molecule has 0 aromatic heterocycles. The smallest absolute Gasteiger partial charge is 0.0598 e. The van der Waals surface area contributed by atoms with Crippen LogP contribution < -0.4 is 0 Å². The van der Waals surface area contributed by atoms with Gasteiger partial charge in [0.25, 0.3) is 0 Å². The lowest BCUT2D eigenvalue weighted by molar-refractivity contribution is 1.24. The van der Waals surface area contributed by atoms with Crippen LogP contribution in [0.3, 0.4) is 0 Å². The number of alkyl halides is 1. The zero-order chi connectivity index (χ0) is 9.84. The molecule has 0 saturated carbocycles. The van der Waals surface area contributed by atoms with Gasteiger partial charge < -0.3 is 0 Å². The van der Waals surface area contributed by atoms with Crippen LogP contribution in [0.1, 0.15) is 12.5 Å². The summed E-state index contributed by atoms with van der Waals surface area (Å²) in [5.41, 5.74) is 1.00. The summed E-state index contributed by atoms with van der Waals surface area (Å²) >= 11 is 17.3. The summed E-state index contributed by atoms with van der Waals surface area (Å²) in [5, 5.41) is 1.15. The number of halogens is 3. The van der Waals surface area contributed by atoms with Gasteiger partial charge in [0.15, 0.2) is 0 Å². The van der Waals surface area contributed by atoms with Crippen molar-refractivity contribution in [2.24, 2.45) is 0 Å². The second-order valence-corrected chi connectivity index (χ2v) is 4.21. The zero-order valence-corrected chi connectivity index (χ0v) is 9.37. The van der Waals surface area contributed by atoms with Crippen LogP contribution in [0.25, 0.3) is 6.08 Å². The second kappa shape index (κ2) is 4.90. The summed E-state index contributed by atoms with van der Waals surface area (Å²) < 4.78 is 0. The molecule has 0 spiro atoms. The molecule has 0 aliphatic heterocycles. The summed E-state index contributed by atoms with van der Waals surface area (Å²) in [5.74, 6) is 0. The highest BCUT2D eigenvalue weighted by molar-refractivity contribution is 6.42. The van der Waals surface area contributed by atoms with Crippen LogP contribution in [0.5, 0.6) is 0 Å². The van der Waals surface area contributed by atoms with E-state index in [0.29, 0.717) is 10.0 Å². The predicted molar refractivity (Wildman–Crippen MR) is 60.8 cm³/mol.